The summed E-state index contributed by atoms with van der Waals surface area (Å²) >= 11 is 0. The quantitative estimate of drug-likeness (QED) is 0.326. The van der Waals surface area contributed by atoms with Gasteiger partial charge in [0.2, 0.25) is 0 Å². The highest BCUT2D eigenvalue weighted by Crippen LogP contribution is 2.45. The summed E-state index contributed by atoms with van der Waals surface area (Å²) in [7, 11) is 0. The van der Waals surface area contributed by atoms with Crippen molar-refractivity contribution in [3.8, 4) is 16.9 Å². The van der Waals surface area contributed by atoms with Crippen molar-refractivity contribution in [3.63, 3.8) is 0 Å². The van der Waals surface area contributed by atoms with Gasteiger partial charge in [-0.1, -0.05) is 114 Å². The van der Waals surface area contributed by atoms with E-state index in [0.717, 1.165) is 23.1 Å². The van der Waals surface area contributed by atoms with Gasteiger partial charge in [0.15, 0.2) is 0 Å². The fourth-order valence-electron chi connectivity index (χ4n) is 5.13. The Labute approximate surface area is 203 Å². The molecule has 0 unspecified atom stereocenters. The Morgan fingerprint density at radius 1 is 0.676 bits per heavy atom. The minimum absolute atomic E-state index is 0.0147. The van der Waals surface area contributed by atoms with E-state index in [4.69, 9.17) is 0 Å². The van der Waals surface area contributed by atoms with Crippen LogP contribution in [0.5, 0.6) is 5.75 Å². The average molecular weight is 447 g/mol. The Morgan fingerprint density at radius 2 is 1.35 bits per heavy atom. The van der Waals surface area contributed by atoms with Crippen LogP contribution >= 0.6 is 0 Å². The van der Waals surface area contributed by atoms with Crippen molar-refractivity contribution in [2.75, 3.05) is 0 Å². The number of benzene rings is 4. The van der Waals surface area contributed by atoms with Crippen molar-refractivity contribution >= 4 is 22.4 Å². The molecule has 0 amide bonds. The molecule has 4 aromatic carbocycles. The fraction of sp³-hybridized carbons (Fsp3) is 0.273. The Hall–Kier alpha value is -3.32. The van der Waals surface area contributed by atoms with Crippen LogP contribution < -0.4 is 0 Å². The van der Waals surface area contributed by atoms with Crippen molar-refractivity contribution in [3.05, 3.63) is 101 Å². The lowest BCUT2D eigenvalue weighted by molar-refractivity contribution is 0.446. The van der Waals surface area contributed by atoms with Gasteiger partial charge >= 0.3 is 0 Å². The van der Waals surface area contributed by atoms with E-state index >= 15 is 0 Å². The van der Waals surface area contributed by atoms with Gasteiger partial charge in [0.25, 0.3) is 0 Å². The third-order valence-electron chi connectivity index (χ3n) is 7.12. The van der Waals surface area contributed by atoms with Gasteiger partial charge in [0.1, 0.15) is 5.75 Å². The molecule has 1 nitrogen and oxygen atoms in total. The van der Waals surface area contributed by atoms with Gasteiger partial charge in [-0.3, -0.25) is 0 Å². The highest BCUT2D eigenvalue weighted by Gasteiger charge is 2.27. The van der Waals surface area contributed by atoms with Crippen LogP contribution in [-0.4, -0.2) is 5.11 Å². The molecule has 1 aliphatic rings. The number of rotatable bonds is 2. The fourth-order valence-corrected chi connectivity index (χ4v) is 5.13. The van der Waals surface area contributed by atoms with E-state index in [1.54, 1.807) is 0 Å². The molecular formula is C33H34O. The van der Waals surface area contributed by atoms with Gasteiger partial charge in [-0.25, -0.2) is 0 Å². The lowest BCUT2D eigenvalue weighted by atomic mass is 9.77. The van der Waals surface area contributed by atoms with Gasteiger partial charge in [-0.15, -0.1) is 0 Å². The van der Waals surface area contributed by atoms with Gasteiger partial charge in [-0.2, -0.15) is 0 Å². The van der Waals surface area contributed by atoms with Crippen LogP contribution in [0.25, 0.3) is 33.5 Å². The van der Waals surface area contributed by atoms with E-state index in [9.17, 15) is 5.11 Å². The summed E-state index contributed by atoms with van der Waals surface area (Å²) in [6.45, 7) is 13.2. The summed E-state index contributed by atoms with van der Waals surface area (Å²) in [6, 6.07) is 26.0. The maximum atomic E-state index is 11.5. The maximum Gasteiger partial charge on any atom is 0.127 e. The number of allylic oxidation sites excluding steroid dienone is 1. The number of hydrogen-bond donors (Lipinski definition) is 1. The van der Waals surface area contributed by atoms with E-state index in [1.165, 1.54) is 38.6 Å². The number of fused-ring (bicyclic) bond motifs is 3. The van der Waals surface area contributed by atoms with Crippen LogP contribution in [0.3, 0.4) is 0 Å². The molecule has 5 rings (SSSR count). The van der Waals surface area contributed by atoms with Crippen molar-refractivity contribution in [1.29, 1.82) is 0 Å². The first-order valence-corrected chi connectivity index (χ1v) is 12.2. The third kappa shape index (κ3) is 3.84. The Morgan fingerprint density at radius 3 is 2.06 bits per heavy atom. The maximum absolute atomic E-state index is 11.5. The van der Waals surface area contributed by atoms with Crippen LogP contribution in [-0.2, 0) is 17.3 Å². The zero-order chi connectivity index (χ0) is 24.3. The Balaban J connectivity index is 1.69. The molecular weight excluding hydrogens is 412 g/mol. The van der Waals surface area contributed by atoms with Crippen LogP contribution in [0, 0.1) is 0 Å². The molecule has 0 saturated heterocycles. The first kappa shape index (κ1) is 22.5. The molecule has 172 valence electrons. The van der Waals surface area contributed by atoms with Gasteiger partial charge in [-0.05, 0) is 67.5 Å². The molecule has 0 heterocycles. The topological polar surface area (TPSA) is 20.2 Å². The zero-order valence-corrected chi connectivity index (χ0v) is 21.2. The molecule has 0 spiro atoms. The second-order valence-electron chi connectivity index (χ2n) is 11.7. The third-order valence-corrected chi connectivity index (χ3v) is 7.12. The van der Waals surface area contributed by atoms with Crippen molar-refractivity contribution in [1.82, 2.24) is 0 Å². The standard InChI is InChI=1S/C33H34O/c1-32(2,3)24-19-29(31(34)30(20-24)33(4,5)6)27-14-10-9-13-26(27)23-17-22-16-15-21-11-7-8-12-25(21)28(22)18-23/h7-17,19-20,34H,18H2,1-6H3. The SMILES string of the molecule is CC(C)(C)c1cc(-c2ccccc2C2=Cc3ccc4ccccc4c3C2)c(O)c(C(C)(C)C)c1. The first-order valence-electron chi connectivity index (χ1n) is 12.2. The van der Waals surface area contributed by atoms with Crippen molar-refractivity contribution < 1.29 is 5.11 Å². The highest BCUT2D eigenvalue weighted by molar-refractivity contribution is 6.00. The molecule has 1 aliphatic carbocycles. The summed E-state index contributed by atoms with van der Waals surface area (Å²) in [5, 5.41) is 14.1. The summed E-state index contributed by atoms with van der Waals surface area (Å²) in [6.07, 6.45) is 3.23. The lowest BCUT2D eigenvalue weighted by Gasteiger charge is -2.28. The average Bonchev–Trinajstić information content (AvgIpc) is 3.22. The van der Waals surface area contributed by atoms with Gasteiger partial charge < -0.3 is 5.11 Å². The van der Waals surface area contributed by atoms with Crippen molar-refractivity contribution in [2.45, 2.75) is 58.8 Å². The number of aromatic hydroxyl groups is 1. The number of phenolic OH excluding ortho intramolecular Hbond substituents is 1. The minimum Gasteiger partial charge on any atom is -0.507 e. The Bertz CT molecular complexity index is 1440. The molecule has 0 aromatic heterocycles. The summed E-state index contributed by atoms with van der Waals surface area (Å²) in [5.41, 5.74) is 9.29. The molecule has 0 bridgehead atoms. The Kier molecular flexibility index (Phi) is 5.20. The number of hydrogen-bond acceptors (Lipinski definition) is 1. The van der Waals surface area contributed by atoms with E-state index in [0.29, 0.717) is 5.75 Å². The van der Waals surface area contributed by atoms with Gasteiger partial charge in [0.05, 0.1) is 0 Å². The largest absolute Gasteiger partial charge is 0.507 e. The molecule has 0 radical (unpaired) electrons. The predicted octanol–water partition coefficient (Wildman–Crippen LogP) is 8.90. The molecule has 0 atom stereocenters. The molecule has 1 N–H and O–H groups in total. The van der Waals surface area contributed by atoms with Crippen LogP contribution in [0.1, 0.15) is 69.4 Å². The minimum atomic E-state index is -0.156. The van der Waals surface area contributed by atoms with Crippen molar-refractivity contribution in [2.24, 2.45) is 0 Å². The highest BCUT2D eigenvalue weighted by atomic mass is 16.3. The lowest BCUT2D eigenvalue weighted by Crippen LogP contribution is -2.17. The monoisotopic (exact) mass is 446 g/mol. The van der Waals surface area contributed by atoms with E-state index in [-0.39, 0.29) is 10.8 Å². The second kappa shape index (κ2) is 7.87. The molecule has 0 aliphatic heterocycles. The molecule has 0 fully saturated rings. The summed E-state index contributed by atoms with van der Waals surface area (Å²) < 4.78 is 0. The summed E-state index contributed by atoms with van der Waals surface area (Å²) in [4.78, 5) is 0. The molecule has 1 heteroatoms. The van der Waals surface area contributed by atoms with Crippen LogP contribution in [0.2, 0.25) is 0 Å². The normalized spacial score (nSPS) is 13.8. The van der Waals surface area contributed by atoms with E-state index in [1.807, 2.05) is 0 Å². The predicted molar refractivity (Wildman–Crippen MR) is 146 cm³/mol. The second-order valence-corrected chi connectivity index (χ2v) is 11.7. The van der Waals surface area contributed by atoms with E-state index in [2.05, 4.69) is 120 Å². The van der Waals surface area contributed by atoms with Gasteiger partial charge in [0, 0.05) is 11.1 Å². The smallest absolute Gasteiger partial charge is 0.127 e. The zero-order valence-electron chi connectivity index (χ0n) is 21.2. The van der Waals surface area contributed by atoms with E-state index < -0.39 is 0 Å². The molecule has 0 saturated carbocycles. The molecule has 34 heavy (non-hydrogen) atoms. The number of phenols is 1. The van der Waals surface area contributed by atoms with Crippen LogP contribution in [0.4, 0.5) is 0 Å². The summed E-state index contributed by atoms with van der Waals surface area (Å²) in [5.74, 6) is 0.398. The first-order chi connectivity index (χ1) is 16.0. The molecule has 4 aromatic rings. The van der Waals surface area contributed by atoms with Crippen LogP contribution in [0.15, 0.2) is 72.8 Å².